The van der Waals surface area contributed by atoms with E-state index >= 15 is 0 Å². The number of ether oxygens (including phenoxy) is 1. The van der Waals surface area contributed by atoms with E-state index in [-0.39, 0.29) is 5.75 Å². The quantitative estimate of drug-likeness (QED) is 0.586. The Bertz CT molecular complexity index is 669. The molecule has 0 aliphatic rings. The van der Waals surface area contributed by atoms with E-state index in [9.17, 15) is 5.11 Å². The number of phenols is 1. The molecule has 0 atom stereocenters. The van der Waals surface area contributed by atoms with Crippen molar-refractivity contribution in [3.8, 4) is 11.5 Å². The maximum absolute atomic E-state index is 10.00. The van der Waals surface area contributed by atoms with Crippen LogP contribution in [0.4, 0.5) is 5.69 Å². The Morgan fingerprint density at radius 3 is 2.77 bits per heavy atom. The minimum atomic E-state index is 0.158. The van der Waals surface area contributed by atoms with Gasteiger partial charge in [0.1, 0.15) is 0 Å². The van der Waals surface area contributed by atoms with Gasteiger partial charge < -0.3 is 20.9 Å². The normalized spacial score (nSPS) is 11.3. The molecule has 0 radical (unpaired) electrons. The number of nitrogens with one attached hydrogen (secondary N) is 1. The van der Waals surface area contributed by atoms with Crippen LogP contribution in [0.1, 0.15) is 11.1 Å². The van der Waals surface area contributed by atoms with Crippen LogP contribution >= 0.6 is 0 Å². The number of aliphatic imine (C=N–C) groups is 1. The third kappa shape index (κ3) is 4.15. The molecule has 0 aliphatic carbocycles. The van der Waals surface area contributed by atoms with Crippen molar-refractivity contribution in [1.82, 2.24) is 0 Å². The molecule has 0 amide bonds. The molecule has 0 saturated carbocycles. The molecular formula is C17H21N3O2. The van der Waals surface area contributed by atoms with Crippen molar-refractivity contribution in [2.24, 2.45) is 10.7 Å². The molecule has 0 fully saturated rings. The second-order valence-corrected chi connectivity index (χ2v) is 4.98. The first-order valence-electron chi connectivity index (χ1n) is 7.08. The first-order chi connectivity index (χ1) is 10.6. The van der Waals surface area contributed by atoms with Crippen LogP contribution in [-0.2, 0) is 6.42 Å². The number of nitrogens with two attached hydrogens (primary N) is 1. The van der Waals surface area contributed by atoms with Crippen LogP contribution in [0, 0.1) is 6.92 Å². The molecule has 0 unspecified atom stereocenters. The molecule has 22 heavy (non-hydrogen) atoms. The van der Waals surface area contributed by atoms with Crippen molar-refractivity contribution in [1.29, 1.82) is 0 Å². The molecule has 2 aromatic rings. The summed E-state index contributed by atoms with van der Waals surface area (Å²) >= 11 is 0. The highest BCUT2D eigenvalue weighted by atomic mass is 16.5. The summed E-state index contributed by atoms with van der Waals surface area (Å²) in [6, 6.07) is 13.3. The molecule has 5 nitrogen and oxygen atoms in total. The van der Waals surface area contributed by atoms with Crippen LogP contribution in [0.3, 0.4) is 0 Å². The Kier molecular flexibility index (Phi) is 5.25. The molecule has 2 rings (SSSR count). The highest BCUT2D eigenvalue weighted by Crippen LogP contribution is 2.29. The highest BCUT2D eigenvalue weighted by Gasteiger charge is 2.06. The fourth-order valence-corrected chi connectivity index (χ4v) is 2.14. The van der Waals surface area contributed by atoms with Crippen molar-refractivity contribution < 1.29 is 9.84 Å². The van der Waals surface area contributed by atoms with E-state index in [0.717, 1.165) is 16.8 Å². The average Bonchev–Trinajstić information content (AvgIpc) is 2.49. The van der Waals surface area contributed by atoms with Gasteiger partial charge in [0.15, 0.2) is 17.5 Å². The molecule has 116 valence electrons. The number of methoxy groups -OCH3 is 1. The molecule has 5 heteroatoms. The van der Waals surface area contributed by atoms with E-state index in [2.05, 4.69) is 10.3 Å². The van der Waals surface area contributed by atoms with Crippen LogP contribution < -0.4 is 15.8 Å². The lowest BCUT2D eigenvalue weighted by Crippen LogP contribution is -2.23. The van der Waals surface area contributed by atoms with E-state index in [1.165, 1.54) is 7.11 Å². The van der Waals surface area contributed by atoms with Gasteiger partial charge >= 0.3 is 0 Å². The monoisotopic (exact) mass is 299 g/mol. The molecule has 2 aromatic carbocycles. The Labute approximate surface area is 130 Å². The number of hydrogen-bond acceptors (Lipinski definition) is 3. The molecule has 0 heterocycles. The van der Waals surface area contributed by atoms with E-state index < -0.39 is 0 Å². The van der Waals surface area contributed by atoms with E-state index in [1.54, 1.807) is 6.07 Å². The summed E-state index contributed by atoms with van der Waals surface area (Å²) in [5.74, 6) is 0.978. The first-order valence-corrected chi connectivity index (χ1v) is 7.08. The van der Waals surface area contributed by atoms with Crippen LogP contribution in [0.25, 0.3) is 0 Å². The summed E-state index contributed by atoms with van der Waals surface area (Å²) in [7, 11) is 1.53. The number of guanidine groups is 1. The topological polar surface area (TPSA) is 79.9 Å². The number of benzene rings is 2. The van der Waals surface area contributed by atoms with Gasteiger partial charge in [0.05, 0.1) is 7.11 Å². The number of aromatic hydroxyl groups is 1. The predicted molar refractivity (Wildman–Crippen MR) is 89.7 cm³/mol. The fourth-order valence-electron chi connectivity index (χ4n) is 2.14. The van der Waals surface area contributed by atoms with E-state index in [4.69, 9.17) is 10.5 Å². The molecular weight excluding hydrogens is 278 g/mol. The van der Waals surface area contributed by atoms with Gasteiger partial charge in [0.2, 0.25) is 0 Å². The van der Waals surface area contributed by atoms with Gasteiger partial charge in [-0.2, -0.15) is 0 Å². The maximum Gasteiger partial charge on any atom is 0.193 e. The lowest BCUT2D eigenvalue weighted by molar-refractivity contribution is 0.370. The maximum atomic E-state index is 10.00. The van der Waals surface area contributed by atoms with E-state index in [0.29, 0.717) is 24.7 Å². The third-order valence-corrected chi connectivity index (χ3v) is 3.26. The number of phenolic OH excluding ortho intramolecular Hbond substituents is 1. The largest absolute Gasteiger partial charge is 0.504 e. The van der Waals surface area contributed by atoms with Gasteiger partial charge in [0.25, 0.3) is 0 Å². The minimum absolute atomic E-state index is 0.158. The number of nitrogens with zero attached hydrogens (tertiary/aromatic N) is 1. The van der Waals surface area contributed by atoms with Gasteiger partial charge in [-0.05, 0) is 42.7 Å². The number of aryl methyl sites for hydroxylation is 1. The Hall–Kier alpha value is -2.69. The smallest absolute Gasteiger partial charge is 0.193 e. The average molecular weight is 299 g/mol. The molecule has 4 N–H and O–H groups in total. The Morgan fingerprint density at radius 1 is 1.27 bits per heavy atom. The van der Waals surface area contributed by atoms with Crippen molar-refractivity contribution >= 4 is 11.6 Å². The summed E-state index contributed by atoms with van der Waals surface area (Å²) in [4.78, 5) is 4.27. The predicted octanol–water partition coefficient (Wildman–Crippen LogP) is 2.68. The molecule has 0 saturated heterocycles. The second-order valence-electron chi connectivity index (χ2n) is 4.98. The zero-order valence-electron chi connectivity index (χ0n) is 12.8. The van der Waals surface area contributed by atoms with Crippen LogP contribution in [0.5, 0.6) is 11.5 Å². The van der Waals surface area contributed by atoms with Gasteiger partial charge in [-0.15, -0.1) is 0 Å². The van der Waals surface area contributed by atoms with Crippen molar-refractivity contribution in [3.05, 3.63) is 53.6 Å². The summed E-state index contributed by atoms with van der Waals surface area (Å²) in [6.45, 7) is 2.50. The Balaban J connectivity index is 1.94. The summed E-state index contributed by atoms with van der Waals surface area (Å²) in [5, 5.41) is 13.0. The summed E-state index contributed by atoms with van der Waals surface area (Å²) in [6.07, 6.45) is 0.583. The van der Waals surface area contributed by atoms with Crippen LogP contribution in [-0.4, -0.2) is 24.7 Å². The number of hydrogen-bond donors (Lipinski definition) is 3. The molecule has 0 spiro atoms. The summed E-state index contributed by atoms with van der Waals surface area (Å²) < 4.78 is 5.08. The minimum Gasteiger partial charge on any atom is -0.504 e. The van der Waals surface area contributed by atoms with Crippen molar-refractivity contribution in [2.45, 2.75) is 13.3 Å². The first kappa shape index (κ1) is 15.7. The lowest BCUT2D eigenvalue weighted by atomic mass is 10.1. The number of rotatable bonds is 5. The molecule has 0 aromatic heterocycles. The highest BCUT2D eigenvalue weighted by molar-refractivity contribution is 5.92. The molecule has 0 aliphatic heterocycles. The zero-order valence-corrected chi connectivity index (χ0v) is 12.8. The number of anilines is 1. The van der Waals surface area contributed by atoms with Crippen LogP contribution in [0.15, 0.2) is 47.5 Å². The second kappa shape index (κ2) is 7.36. The van der Waals surface area contributed by atoms with Gasteiger partial charge in [-0.3, -0.25) is 4.99 Å². The third-order valence-electron chi connectivity index (χ3n) is 3.26. The van der Waals surface area contributed by atoms with E-state index in [1.807, 2.05) is 43.3 Å². The standard InChI is InChI=1S/C17H21N3O2/c1-12-5-3-7-14(11-12)20-17(18)19-10-9-13-6-4-8-15(22-2)16(13)21/h3-8,11,21H,9-10H2,1-2H3,(H3,18,19,20). The zero-order chi connectivity index (χ0) is 15.9. The summed E-state index contributed by atoms with van der Waals surface area (Å²) in [5.41, 5.74) is 8.71. The SMILES string of the molecule is COc1cccc(CCN=C(N)Nc2cccc(C)c2)c1O. The Morgan fingerprint density at radius 2 is 2.05 bits per heavy atom. The van der Waals surface area contributed by atoms with Gasteiger partial charge in [0, 0.05) is 12.2 Å². The van der Waals surface area contributed by atoms with Gasteiger partial charge in [-0.1, -0.05) is 24.3 Å². The van der Waals surface area contributed by atoms with Crippen molar-refractivity contribution in [3.63, 3.8) is 0 Å². The molecule has 0 bridgehead atoms. The van der Waals surface area contributed by atoms with Gasteiger partial charge in [-0.25, -0.2) is 0 Å². The van der Waals surface area contributed by atoms with Crippen LogP contribution in [0.2, 0.25) is 0 Å². The lowest BCUT2D eigenvalue weighted by Gasteiger charge is -2.08. The fraction of sp³-hybridized carbons (Fsp3) is 0.235. The van der Waals surface area contributed by atoms with Crippen molar-refractivity contribution in [2.75, 3.05) is 19.0 Å². The number of para-hydroxylation sites is 1.